The standard InChI is InChI=1S/C42H41N2O/c1-27(2)24-29-22-23-44(4)38(25-29)39-28(3)10-20-36-37-21-19-35(26-43)40(42(37)45-41(36)39)34-17-15-33(16-18-34)32-13-11-31(12-14-32)30-8-6-5-7-9-30/h5-10,15-23,25,27,31-32H,11-14,24H2,1-4H3/q+1/i24D2,31D,32D. The minimum absolute atomic E-state index is 0.196. The zero-order valence-corrected chi connectivity index (χ0v) is 26.4. The second-order valence-electron chi connectivity index (χ2n) is 12.6. The maximum atomic E-state index is 10.2. The fourth-order valence-electron chi connectivity index (χ4n) is 6.92. The van der Waals surface area contributed by atoms with Crippen LogP contribution in [0.15, 0.2) is 102 Å². The minimum atomic E-state index is -1.50. The van der Waals surface area contributed by atoms with Crippen LogP contribution in [0, 0.1) is 24.2 Å². The van der Waals surface area contributed by atoms with Crippen LogP contribution in [-0.4, -0.2) is 0 Å². The predicted octanol–water partition coefficient (Wildman–Crippen LogP) is 10.6. The van der Waals surface area contributed by atoms with Gasteiger partial charge in [0, 0.05) is 34.0 Å². The molecule has 0 radical (unpaired) electrons. The van der Waals surface area contributed by atoms with E-state index in [1.807, 2.05) is 117 Å². The van der Waals surface area contributed by atoms with Crippen LogP contribution in [-0.2, 0) is 13.4 Å². The van der Waals surface area contributed by atoms with Crippen LogP contribution in [0.5, 0.6) is 0 Å². The number of benzene rings is 4. The molecule has 0 unspecified atom stereocenters. The fourth-order valence-corrected chi connectivity index (χ4v) is 6.92. The zero-order chi connectivity index (χ0) is 34.7. The highest BCUT2D eigenvalue weighted by Crippen LogP contribution is 2.44. The molecule has 0 atom stereocenters. The van der Waals surface area contributed by atoms with Crippen LogP contribution in [0.1, 0.15) is 84.6 Å². The summed E-state index contributed by atoms with van der Waals surface area (Å²) in [4.78, 5) is 0. The SMILES string of the molecule is [2H]C1(c2ccccc2)CCC([2H])(c2ccc(-c3c(C#N)ccc4c3oc3c(-c5cc(C([2H])([2H])C(C)C)cc[n+]5C)c(C)ccc34)cc2)CC1. The Morgan fingerprint density at radius 2 is 1.47 bits per heavy atom. The molecule has 224 valence electrons. The summed E-state index contributed by atoms with van der Waals surface area (Å²) in [6, 6.07) is 32.1. The molecule has 3 nitrogen and oxygen atoms in total. The molecule has 2 aromatic heterocycles. The Kier molecular flexibility index (Phi) is 6.57. The lowest BCUT2D eigenvalue weighted by molar-refractivity contribution is -0.660. The van der Waals surface area contributed by atoms with E-state index in [2.05, 4.69) is 18.2 Å². The molecular weight excluding hydrogens is 548 g/mol. The van der Waals surface area contributed by atoms with Gasteiger partial charge in [0.25, 0.3) is 0 Å². The Hall–Kier alpha value is -4.68. The first kappa shape index (κ1) is 24.6. The van der Waals surface area contributed by atoms with E-state index < -0.39 is 18.2 Å². The van der Waals surface area contributed by atoms with E-state index in [0.29, 0.717) is 48.0 Å². The molecule has 1 saturated carbocycles. The first-order chi connectivity index (χ1) is 23.4. The first-order valence-corrected chi connectivity index (χ1v) is 15.9. The molecule has 0 bridgehead atoms. The number of nitrogens with zero attached hydrogens (tertiary/aromatic N) is 2. The van der Waals surface area contributed by atoms with E-state index >= 15 is 0 Å². The van der Waals surface area contributed by atoms with Crippen LogP contribution in [0.2, 0.25) is 0 Å². The van der Waals surface area contributed by atoms with E-state index in [4.69, 9.17) is 8.53 Å². The number of hydrogen-bond donors (Lipinski definition) is 0. The number of fused-ring (bicyclic) bond motifs is 3. The second kappa shape index (κ2) is 12.0. The smallest absolute Gasteiger partial charge is 0.216 e. The van der Waals surface area contributed by atoms with Gasteiger partial charge in [-0.05, 0) is 96.6 Å². The highest BCUT2D eigenvalue weighted by molar-refractivity contribution is 6.14. The van der Waals surface area contributed by atoms with Crippen molar-refractivity contribution >= 4 is 21.9 Å². The Morgan fingerprint density at radius 3 is 2.11 bits per heavy atom. The maximum Gasteiger partial charge on any atom is 0.216 e. The largest absolute Gasteiger partial charge is 0.454 e. The van der Waals surface area contributed by atoms with Gasteiger partial charge in [0.1, 0.15) is 18.2 Å². The summed E-state index contributed by atoms with van der Waals surface area (Å²) in [5.74, 6) is -1.64. The lowest BCUT2D eigenvalue weighted by Gasteiger charge is -2.29. The molecular formula is C42H41N2O+. The number of pyridine rings is 1. The monoisotopic (exact) mass is 593 g/mol. The van der Waals surface area contributed by atoms with Crippen molar-refractivity contribution < 1.29 is 14.5 Å². The van der Waals surface area contributed by atoms with Crippen LogP contribution in [0.4, 0.5) is 0 Å². The second-order valence-corrected chi connectivity index (χ2v) is 12.6. The third-order valence-corrected chi connectivity index (χ3v) is 9.22. The molecule has 7 rings (SSSR count). The number of aryl methyl sites for hydroxylation is 2. The molecule has 0 amide bonds. The quantitative estimate of drug-likeness (QED) is 0.180. The predicted molar refractivity (Wildman–Crippen MR) is 184 cm³/mol. The lowest BCUT2D eigenvalue weighted by atomic mass is 9.76. The van der Waals surface area contributed by atoms with Crippen molar-refractivity contribution in [2.24, 2.45) is 13.0 Å². The van der Waals surface area contributed by atoms with Gasteiger partial charge in [0.05, 0.1) is 17.2 Å². The normalized spacial score (nSPS) is 21.7. The summed E-state index contributed by atoms with van der Waals surface area (Å²) in [6.07, 6.45) is 2.87. The van der Waals surface area contributed by atoms with Crippen molar-refractivity contribution in [3.05, 3.63) is 125 Å². The van der Waals surface area contributed by atoms with Gasteiger partial charge in [-0.3, -0.25) is 0 Å². The van der Waals surface area contributed by atoms with Crippen molar-refractivity contribution in [3.8, 4) is 28.5 Å². The Labute approximate surface area is 272 Å². The molecule has 4 aromatic carbocycles. The van der Waals surface area contributed by atoms with E-state index in [0.717, 1.165) is 49.8 Å². The molecule has 1 aliphatic rings. The lowest BCUT2D eigenvalue weighted by Crippen LogP contribution is -2.31. The fraction of sp³-hybridized carbons (Fsp3) is 0.286. The van der Waals surface area contributed by atoms with Gasteiger partial charge < -0.3 is 4.42 Å². The summed E-state index contributed by atoms with van der Waals surface area (Å²) >= 11 is 0. The molecule has 0 aliphatic heterocycles. The summed E-state index contributed by atoms with van der Waals surface area (Å²) < 4.78 is 44.8. The van der Waals surface area contributed by atoms with Crippen molar-refractivity contribution in [3.63, 3.8) is 0 Å². The Morgan fingerprint density at radius 1 is 0.844 bits per heavy atom. The summed E-state index contributed by atoms with van der Waals surface area (Å²) in [5.41, 5.74) is 8.73. The topological polar surface area (TPSA) is 40.8 Å². The molecule has 0 saturated heterocycles. The first-order valence-electron chi connectivity index (χ1n) is 17.9. The molecule has 0 spiro atoms. The van der Waals surface area contributed by atoms with Crippen molar-refractivity contribution in [1.82, 2.24) is 0 Å². The molecule has 0 N–H and O–H groups in total. The van der Waals surface area contributed by atoms with Gasteiger partial charge in [0.2, 0.25) is 5.69 Å². The molecule has 45 heavy (non-hydrogen) atoms. The van der Waals surface area contributed by atoms with Crippen LogP contribution >= 0.6 is 0 Å². The molecule has 3 heteroatoms. The van der Waals surface area contributed by atoms with Crippen LogP contribution in [0.3, 0.4) is 0 Å². The minimum Gasteiger partial charge on any atom is -0.454 e. The summed E-state index contributed by atoms with van der Waals surface area (Å²) in [5, 5.41) is 12.1. The molecule has 6 aromatic rings. The van der Waals surface area contributed by atoms with Gasteiger partial charge in [-0.25, -0.2) is 4.57 Å². The average Bonchev–Trinajstić information content (AvgIpc) is 3.48. The average molecular weight is 594 g/mol. The van der Waals surface area contributed by atoms with E-state index in [1.54, 1.807) is 0 Å². The van der Waals surface area contributed by atoms with Crippen LogP contribution < -0.4 is 4.57 Å². The number of rotatable bonds is 6. The molecule has 1 fully saturated rings. The van der Waals surface area contributed by atoms with Gasteiger partial charge in [-0.15, -0.1) is 0 Å². The third kappa shape index (κ3) is 5.44. The number of nitriles is 1. The summed E-state index contributed by atoms with van der Waals surface area (Å²) in [7, 11) is 1.96. The van der Waals surface area contributed by atoms with Crippen molar-refractivity contribution in [2.75, 3.05) is 0 Å². The van der Waals surface area contributed by atoms with Gasteiger partial charge in [-0.2, -0.15) is 5.26 Å². The van der Waals surface area contributed by atoms with Crippen molar-refractivity contribution in [2.45, 2.75) is 64.6 Å². The van der Waals surface area contributed by atoms with E-state index in [1.165, 1.54) is 0 Å². The van der Waals surface area contributed by atoms with E-state index in [-0.39, 0.29) is 5.92 Å². The third-order valence-electron chi connectivity index (χ3n) is 9.22. The molecule has 1 aliphatic carbocycles. The van der Waals surface area contributed by atoms with Crippen LogP contribution in [0.25, 0.3) is 44.3 Å². The zero-order valence-electron chi connectivity index (χ0n) is 30.4. The highest BCUT2D eigenvalue weighted by atomic mass is 16.3. The van der Waals surface area contributed by atoms with Crippen molar-refractivity contribution in [1.29, 1.82) is 5.26 Å². The highest BCUT2D eigenvalue weighted by Gasteiger charge is 2.25. The number of aromatic nitrogens is 1. The van der Waals surface area contributed by atoms with Gasteiger partial charge in [-0.1, -0.05) is 80.6 Å². The number of furan rings is 1. The Balaban J connectivity index is 1.30. The Bertz CT molecular complexity index is 2240. The molecule has 2 heterocycles. The van der Waals surface area contributed by atoms with E-state index in [9.17, 15) is 6.63 Å². The number of hydrogen-bond acceptors (Lipinski definition) is 2. The maximum absolute atomic E-state index is 10.2. The van der Waals surface area contributed by atoms with Gasteiger partial charge >= 0.3 is 0 Å². The summed E-state index contributed by atoms with van der Waals surface area (Å²) in [6.45, 7) is 5.83. The van der Waals surface area contributed by atoms with Gasteiger partial charge in [0.15, 0.2) is 6.20 Å².